The van der Waals surface area contributed by atoms with Crippen LogP contribution in [0, 0.1) is 0 Å². The molecule has 132 valence electrons. The van der Waals surface area contributed by atoms with Gasteiger partial charge in [-0.05, 0) is 30.4 Å². The highest BCUT2D eigenvalue weighted by molar-refractivity contribution is 5.93. The number of amides is 2. The average Bonchev–Trinajstić information content (AvgIpc) is 2.84. The van der Waals surface area contributed by atoms with E-state index in [-0.39, 0.29) is 11.8 Å². The molecular weight excluding hydrogens is 300 g/mol. The van der Waals surface area contributed by atoms with Crippen LogP contribution in [0.15, 0.2) is 24.3 Å². The summed E-state index contributed by atoms with van der Waals surface area (Å²) in [5.41, 5.74) is 2.08. The van der Waals surface area contributed by atoms with Crippen molar-refractivity contribution in [3.05, 3.63) is 29.8 Å². The second kappa shape index (κ2) is 8.86. The van der Waals surface area contributed by atoms with E-state index in [1.54, 1.807) is 11.8 Å². The Labute approximate surface area is 145 Å². The molecule has 1 aromatic rings. The summed E-state index contributed by atoms with van der Waals surface area (Å²) < 4.78 is 0. The van der Waals surface area contributed by atoms with Crippen LogP contribution < -0.4 is 4.90 Å². The Morgan fingerprint density at radius 1 is 1.08 bits per heavy atom. The number of hydrogen-bond acceptors (Lipinski definition) is 2. The molecule has 0 atom stereocenters. The van der Waals surface area contributed by atoms with Gasteiger partial charge in [-0.3, -0.25) is 9.59 Å². The van der Waals surface area contributed by atoms with Gasteiger partial charge in [0.05, 0.1) is 0 Å². The SMILES string of the molecule is CC(=O)N(CCC(=O)N1CCCCCC1)c1ccccc1C(C)C. The normalized spacial score (nSPS) is 15.2. The molecule has 4 heteroatoms. The molecule has 0 aromatic heterocycles. The van der Waals surface area contributed by atoms with E-state index in [4.69, 9.17) is 0 Å². The highest BCUT2D eigenvalue weighted by Crippen LogP contribution is 2.27. The van der Waals surface area contributed by atoms with Crippen LogP contribution >= 0.6 is 0 Å². The van der Waals surface area contributed by atoms with Crippen molar-refractivity contribution in [3.8, 4) is 0 Å². The summed E-state index contributed by atoms with van der Waals surface area (Å²) >= 11 is 0. The smallest absolute Gasteiger partial charge is 0.224 e. The minimum absolute atomic E-state index is 0.00762. The maximum Gasteiger partial charge on any atom is 0.224 e. The highest BCUT2D eigenvalue weighted by atomic mass is 16.2. The van der Waals surface area contributed by atoms with Gasteiger partial charge in [-0.25, -0.2) is 0 Å². The molecule has 1 saturated heterocycles. The van der Waals surface area contributed by atoms with Crippen molar-refractivity contribution < 1.29 is 9.59 Å². The van der Waals surface area contributed by atoms with Crippen molar-refractivity contribution in [1.82, 2.24) is 4.90 Å². The molecule has 1 aromatic carbocycles. The largest absolute Gasteiger partial charge is 0.343 e. The molecule has 0 aliphatic carbocycles. The van der Waals surface area contributed by atoms with Crippen molar-refractivity contribution in [2.24, 2.45) is 0 Å². The predicted octanol–water partition coefficient (Wildman–Crippen LogP) is 3.96. The molecule has 4 nitrogen and oxygen atoms in total. The topological polar surface area (TPSA) is 40.6 Å². The Hall–Kier alpha value is -1.84. The Kier molecular flexibility index (Phi) is 6.83. The lowest BCUT2D eigenvalue weighted by Gasteiger charge is -2.27. The molecule has 2 rings (SSSR count). The Bertz CT molecular complexity index is 561. The lowest BCUT2D eigenvalue weighted by Crippen LogP contribution is -2.37. The number of anilines is 1. The van der Waals surface area contributed by atoms with Crippen LogP contribution in [0.1, 0.15) is 64.4 Å². The molecule has 0 N–H and O–H groups in total. The monoisotopic (exact) mass is 330 g/mol. The molecule has 1 fully saturated rings. The van der Waals surface area contributed by atoms with Crippen molar-refractivity contribution in [1.29, 1.82) is 0 Å². The summed E-state index contributed by atoms with van der Waals surface area (Å²) in [6.45, 7) is 8.00. The minimum atomic E-state index is -0.00762. The Morgan fingerprint density at radius 2 is 1.71 bits per heavy atom. The maximum absolute atomic E-state index is 12.5. The summed E-state index contributed by atoms with van der Waals surface area (Å²) in [5.74, 6) is 0.501. The van der Waals surface area contributed by atoms with Crippen molar-refractivity contribution >= 4 is 17.5 Å². The first-order valence-electron chi connectivity index (χ1n) is 9.15. The van der Waals surface area contributed by atoms with Crippen LogP contribution in [0.25, 0.3) is 0 Å². The van der Waals surface area contributed by atoms with Gasteiger partial charge in [-0.15, -0.1) is 0 Å². The third-order valence-corrected chi connectivity index (χ3v) is 4.74. The second-order valence-electron chi connectivity index (χ2n) is 6.93. The molecule has 0 bridgehead atoms. The fourth-order valence-electron chi connectivity index (χ4n) is 3.35. The summed E-state index contributed by atoms with van der Waals surface area (Å²) in [4.78, 5) is 28.4. The van der Waals surface area contributed by atoms with E-state index in [1.165, 1.54) is 12.8 Å². The zero-order valence-corrected chi connectivity index (χ0v) is 15.3. The van der Waals surface area contributed by atoms with E-state index in [0.29, 0.717) is 18.9 Å². The summed E-state index contributed by atoms with van der Waals surface area (Å²) in [7, 11) is 0. The Balaban J connectivity index is 2.07. The minimum Gasteiger partial charge on any atom is -0.343 e. The first kappa shape index (κ1) is 18.5. The van der Waals surface area contributed by atoms with Gasteiger partial charge in [0.25, 0.3) is 0 Å². The molecule has 0 spiro atoms. The van der Waals surface area contributed by atoms with Crippen LogP contribution in [-0.4, -0.2) is 36.3 Å². The van der Waals surface area contributed by atoms with Crippen LogP contribution in [0.4, 0.5) is 5.69 Å². The zero-order valence-electron chi connectivity index (χ0n) is 15.3. The highest BCUT2D eigenvalue weighted by Gasteiger charge is 2.20. The molecule has 1 aliphatic rings. The summed E-state index contributed by atoms with van der Waals surface area (Å²) in [6, 6.07) is 7.99. The zero-order chi connectivity index (χ0) is 17.5. The average molecular weight is 330 g/mol. The molecule has 2 amide bonds. The number of nitrogens with zero attached hydrogens (tertiary/aromatic N) is 2. The lowest BCUT2D eigenvalue weighted by molar-refractivity contribution is -0.131. The molecule has 24 heavy (non-hydrogen) atoms. The van der Waals surface area contributed by atoms with Crippen molar-refractivity contribution in [2.45, 2.75) is 58.8 Å². The van der Waals surface area contributed by atoms with Gasteiger partial charge in [-0.1, -0.05) is 44.9 Å². The summed E-state index contributed by atoms with van der Waals surface area (Å²) in [6.07, 6.45) is 5.01. The van der Waals surface area contributed by atoms with E-state index in [0.717, 1.165) is 37.2 Å². The van der Waals surface area contributed by atoms with E-state index in [1.807, 2.05) is 23.1 Å². The molecule has 0 saturated carbocycles. The van der Waals surface area contributed by atoms with Gasteiger partial charge in [-0.2, -0.15) is 0 Å². The van der Waals surface area contributed by atoms with Crippen LogP contribution in [0.2, 0.25) is 0 Å². The number of benzene rings is 1. The fraction of sp³-hybridized carbons (Fsp3) is 0.600. The quantitative estimate of drug-likeness (QED) is 0.820. The molecular formula is C20H30N2O2. The van der Waals surface area contributed by atoms with E-state index >= 15 is 0 Å². The molecule has 1 aliphatic heterocycles. The third kappa shape index (κ3) is 4.83. The van der Waals surface area contributed by atoms with Crippen LogP contribution in [0.5, 0.6) is 0 Å². The standard InChI is InChI=1S/C20H30N2O2/c1-16(2)18-10-6-7-11-19(18)22(17(3)23)15-12-20(24)21-13-8-4-5-9-14-21/h6-7,10-11,16H,4-5,8-9,12-15H2,1-3H3. The van der Waals surface area contributed by atoms with Gasteiger partial charge < -0.3 is 9.80 Å². The fourth-order valence-corrected chi connectivity index (χ4v) is 3.35. The van der Waals surface area contributed by atoms with Crippen molar-refractivity contribution in [2.75, 3.05) is 24.5 Å². The van der Waals surface area contributed by atoms with Gasteiger partial charge in [0.1, 0.15) is 0 Å². The van der Waals surface area contributed by atoms with Gasteiger partial charge >= 0.3 is 0 Å². The number of likely N-dealkylation sites (tertiary alicyclic amines) is 1. The number of hydrogen-bond donors (Lipinski definition) is 0. The third-order valence-electron chi connectivity index (χ3n) is 4.74. The van der Waals surface area contributed by atoms with E-state index < -0.39 is 0 Å². The summed E-state index contributed by atoms with van der Waals surface area (Å²) in [5, 5.41) is 0. The van der Waals surface area contributed by atoms with E-state index in [9.17, 15) is 9.59 Å². The van der Waals surface area contributed by atoms with E-state index in [2.05, 4.69) is 19.9 Å². The lowest BCUT2D eigenvalue weighted by atomic mass is 10.0. The molecule has 0 unspecified atom stereocenters. The predicted molar refractivity (Wildman–Crippen MR) is 98.2 cm³/mol. The van der Waals surface area contributed by atoms with Crippen LogP contribution in [-0.2, 0) is 9.59 Å². The number of para-hydroxylation sites is 1. The van der Waals surface area contributed by atoms with Gasteiger partial charge in [0.2, 0.25) is 11.8 Å². The van der Waals surface area contributed by atoms with Crippen LogP contribution in [0.3, 0.4) is 0 Å². The first-order chi connectivity index (χ1) is 11.5. The van der Waals surface area contributed by atoms with Gasteiger partial charge in [0, 0.05) is 38.7 Å². The first-order valence-corrected chi connectivity index (χ1v) is 9.15. The number of carbonyl (C=O) groups excluding carboxylic acids is 2. The maximum atomic E-state index is 12.5. The van der Waals surface area contributed by atoms with Crippen molar-refractivity contribution in [3.63, 3.8) is 0 Å². The van der Waals surface area contributed by atoms with Gasteiger partial charge in [0.15, 0.2) is 0 Å². The number of carbonyl (C=O) groups is 2. The second-order valence-corrected chi connectivity index (χ2v) is 6.93. The molecule has 1 heterocycles. The Morgan fingerprint density at radius 3 is 2.29 bits per heavy atom. The number of rotatable bonds is 5. The molecule has 0 radical (unpaired) electrons.